The number of nitriles is 1. The number of pyridine rings is 1. The molecule has 1 heterocycles. The van der Waals surface area contributed by atoms with E-state index in [1.165, 1.54) is 42.5 Å². The minimum atomic E-state index is -4.67. The van der Waals surface area contributed by atoms with Crippen molar-refractivity contribution >= 4 is 20.7 Å². The molecule has 4 aromatic rings. The first-order chi connectivity index (χ1) is 16.0. The molecule has 0 N–H and O–H groups in total. The van der Waals surface area contributed by atoms with Gasteiger partial charge in [-0.25, -0.2) is 17.8 Å². The fourth-order valence-electron chi connectivity index (χ4n) is 3.42. The van der Waals surface area contributed by atoms with E-state index in [4.69, 9.17) is 4.74 Å². The number of sulfone groups is 1. The Morgan fingerprint density at radius 2 is 1.74 bits per heavy atom. The number of ether oxygens (including phenoxy) is 1. The molecule has 0 aliphatic carbocycles. The third-order valence-corrected chi connectivity index (χ3v) is 6.07. The van der Waals surface area contributed by atoms with Gasteiger partial charge in [0.15, 0.2) is 21.4 Å². The average Bonchev–Trinajstić information content (AvgIpc) is 2.78. The molecule has 34 heavy (non-hydrogen) atoms. The number of aromatic nitrogens is 1. The van der Waals surface area contributed by atoms with E-state index in [1.54, 1.807) is 18.2 Å². The average molecular weight is 486 g/mol. The predicted molar refractivity (Wildman–Crippen MR) is 116 cm³/mol. The van der Waals surface area contributed by atoms with E-state index >= 15 is 0 Å². The van der Waals surface area contributed by atoms with Gasteiger partial charge in [-0.05, 0) is 53.6 Å². The lowest BCUT2D eigenvalue weighted by molar-refractivity contribution is -0.136. The highest BCUT2D eigenvalue weighted by Crippen LogP contribution is 2.38. The van der Waals surface area contributed by atoms with Crippen molar-refractivity contribution in [3.05, 3.63) is 83.8 Å². The Labute approximate surface area is 191 Å². The fourth-order valence-corrected chi connectivity index (χ4v) is 4.06. The van der Waals surface area contributed by atoms with Crippen LogP contribution >= 0.6 is 0 Å². The molecule has 0 aliphatic rings. The SMILES string of the molecule is CS(=O)(=O)c1ccc(Oc2cccc(-c3cc(C#N)nc4c(C(F)(F)F)cccc34)c2)c(F)c1. The van der Waals surface area contributed by atoms with Gasteiger partial charge in [0.1, 0.15) is 17.5 Å². The van der Waals surface area contributed by atoms with Crippen LogP contribution in [0.15, 0.2) is 71.6 Å². The van der Waals surface area contributed by atoms with Crippen molar-refractivity contribution in [1.29, 1.82) is 5.26 Å². The van der Waals surface area contributed by atoms with Crippen LogP contribution in [0.1, 0.15) is 11.3 Å². The molecule has 0 amide bonds. The number of para-hydroxylation sites is 1. The molecular weight excluding hydrogens is 472 g/mol. The minimum Gasteiger partial charge on any atom is -0.454 e. The van der Waals surface area contributed by atoms with E-state index < -0.39 is 27.4 Å². The predicted octanol–water partition coefficient (Wildman–Crippen LogP) is 6.13. The highest BCUT2D eigenvalue weighted by atomic mass is 32.2. The molecule has 4 rings (SSSR count). The smallest absolute Gasteiger partial charge is 0.418 e. The van der Waals surface area contributed by atoms with Gasteiger partial charge in [0.2, 0.25) is 0 Å². The van der Waals surface area contributed by atoms with Crippen LogP contribution in [-0.2, 0) is 16.0 Å². The molecule has 0 bridgehead atoms. The van der Waals surface area contributed by atoms with Crippen LogP contribution < -0.4 is 4.74 Å². The molecule has 172 valence electrons. The Bertz CT molecular complexity index is 1580. The van der Waals surface area contributed by atoms with Gasteiger partial charge in [0.05, 0.1) is 16.0 Å². The summed E-state index contributed by atoms with van der Waals surface area (Å²) in [6, 6.07) is 16.1. The van der Waals surface area contributed by atoms with Crippen molar-refractivity contribution in [3.63, 3.8) is 0 Å². The molecule has 0 unspecified atom stereocenters. The second kappa shape index (κ2) is 8.43. The summed E-state index contributed by atoms with van der Waals surface area (Å²) < 4.78 is 83.7. The topological polar surface area (TPSA) is 80.0 Å². The first-order valence-electron chi connectivity index (χ1n) is 9.66. The summed E-state index contributed by atoms with van der Waals surface area (Å²) in [5.41, 5.74) is -0.811. The number of nitrogens with zero attached hydrogens (tertiary/aromatic N) is 2. The molecular formula is C24H14F4N2O3S. The molecule has 0 radical (unpaired) electrons. The van der Waals surface area contributed by atoms with Crippen LogP contribution in [0, 0.1) is 17.1 Å². The zero-order chi connectivity index (χ0) is 24.7. The molecule has 0 fully saturated rings. The molecule has 3 aromatic carbocycles. The van der Waals surface area contributed by atoms with Crippen molar-refractivity contribution in [3.8, 4) is 28.7 Å². The Morgan fingerprint density at radius 3 is 2.38 bits per heavy atom. The summed E-state index contributed by atoms with van der Waals surface area (Å²) in [6.45, 7) is 0. The molecule has 10 heteroatoms. The minimum absolute atomic E-state index is 0.152. The van der Waals surface area contributed by atoms with Gasteiger partial charge in [-0.3, -0.25) is 0 Å². The monoisotopic (exact) mass is 486 g/mol. The highest BCUT2D eigenvalue weighted by molar-refractivity contribution is 7.90. The Balaban J connectivity index is 1.81. The van der Waals surface area contributed by atoms with Gasteiger partial charge in [0.25, 0.3) is 0 Å². The van der Waals surface area contributed by atoms with Crippen LogP contribution in [0.5, 0.6) is 11.5 Å². The van der Waals surface area contributed by atoms with Gasteiger partial charge >= 0.3 is 6.18 Å². The zero-order valence-corrected chi connectivity index (χ0v) is 18.2. The van der Waals surface area contributed by atoms with E-state index in [0.29, 0.717) is 11.1 Å². The summed E-state index contributed by atoms with van der Waals surface area (Å²) in [5.74, 6) is -0.982. The van der Waals surface area contributed by atoms with Gasteiger partial charge in [-0.1, -0.05) is 24.3 Å². The second-order valence-electron chi connectivity index (χ2n) is 7.36. The molecule has 5 nitrogen and oxygen atoms in total. The summed E-state index contributed by atoms with van der Waals surface area (Å²) >= 11 is 0. The summed E-state index contributed by atoms with van der Waals surface area (Å²) in [4.78, 5) is 3.66. The van der Waals surface area contributed by atoms with Gasteiger partial charge < -0.3 is 4.74 Å². The summed E-state index contributed by atoms with van der Waals surface area (Å²) in [5, 5.41) is 9.49. The van der Waals surface area contributed by atoms with E-state index in [0.717, 1.165) is 18.4 Å². The lowest BCUT2D eigenvalue weighted by Crippen LogP contribution is -2.07. The third-order valence-electron chi connectivity index (χ3n) is 4.96. The molecule has 0 saturated carbocycles. The summed E-state index contributed by atoms with van der Waals surface area (Å²) in [6.07, 6.45) is -3.72. The van der Waals surface area contributed by atoms with Gasteiger partial charge in [-0.2, -0.15) is 18.4 Å². The number of hydrogen-bond acceptors (Lipinski definition) is 5. The normalized spacial score (nSPS) is 11.9. The van der Waals surface area contributed by atoms with Crippen LogP contribution in [0.25, 0.3) is 22.0 Å². The Hall–Kier alpha value is -3.97. The highest BCUT2D eigenvalue weighted by Gasteiger charge is 2.33. The number of fused-ring (bicyclic) bond motifs is 1. The lowest BCUT2D eigenvalue weighted by Gasteiger charge is -2.14. The number of rotatable bonds is 4. The fraction of sp³-hybridized carbons (Fsp3) is 0.0833. The maximum Gasteiger partial charge on any atom is 0.418 e. The number of benzene rings is 3. The number of alkyl halides is 3. The maximum atomic E-state index is 14.4. The lowest BCUT2D eigenvalue weighted by atomic mass is 9.98. The Morgan fingerprint density at radius 1 is 1.00 bits per heavy atom. The quantitative estimate of drug-likeness (QED) is 0.324. The zero-order valence-electron chi connectivity index (χ0n) is 17.4. The molecule has 0 atom stereocenters. The van der Waals surface area contributed by atoms with Crippen LogP contribution in [0.3, 0.4) is 0 Å². The number of hydrogen-bond donors (Lipinski definition) is 0. The van der Waals surface area contributed by atoms with Crippen LogP contribution in [0.4, 0.5) is 17.6 Å². The maximum absolute atomic E-state index is 14.4. The second-order valence-corrected chi connectivity index (χ2v) is 9.38. The van der Waals surface area contributed by atoms with Crippen LogP contribution in [-0.4, -0.2) is 19.7 Å². The molecule has 0 aliphatic heterocycles. The van der Waals surface area contributed by atoms with Crippen LogP contribution in [0.2, 0.25) is 0 Å². The third kappa shape index (κ3) is 4.56. The number of halogens is 4. The molecule has 0 spiro atoms. The molecule has 0 saturated heterocycles. The van der Waals surface area contributed by atoms with Crippen molar-refractivity contribution in [2.45, 2.75) is 11.1 Å². The van der Waals surface area contributed by atoms with E-state index in [9.17, 15) is 31.2 Å². The Kier molecular flexibility index (Phi) is 5.75. The van der Waals surface area contributed by atoms with Gasteiger partial charge in [-0.15, -0.1) is 0 Å². The van der Waals surface area contributed by atoms with E-state index in [-0.39, 0.29) is 33.0 Å². The van der Waals surface area contributed by atoms with Crippen molar-refractivity contribution in [2.75, 3.05) is 6.26 Å². The molecule has 1 aromatic heterocycles. The van der Waals surface area contributed by atoms with Crippen molar-refractivity contribution in [1.82, 2.24) is 4.98 Å². The summed E-state index contributed by atoms with van der Waals surface area (Å²) in [7, 11) is -3.61. The van der Waals surface area contributed by atoms with Crippen molar-refractivity contribution < 1.29 is 30.7 Å². The van der Waals surface area contributed by atoms with E-state index in [1.807, 2.05) is 0 Å². The van der Waals surface area contributed by atoms with E-state index in [2.05, 4.69) is 4.98 Å². The van der Waals surface area contributed by atoms with Crippen molar-refractivity contribution in [2.24, 2.45) is 0 Å². The first-order valence-corrected chi connectivity index (χ1v) is 11.6. The first kappa shape index (κ1) is 23.2. The van der Waals surface area contributed by atoms with Gasteiger partial charge in [0, 0.05) is 11.6 Å². The standard InChI is InChI=1S/C24H14F4N2O3S/c1-34(31,32)17-8-9-22(21(25)12-17)33-16-5-2-4-14(10-16)19-11-15(13-29)30-23-18(19)6-3-7-20(23)24(26,27)28/h2-12H,1H3. The largest absolute Gasteiger partial charge is 0.454 e.